The molecule has 16 nitrogen and oxygen atoms in total. The molecule has 5 atom stereocenters. The summed E-state index contributed by atoms with van der Waals surface area (Å²) in [5.41, 5.74) is -0.724. The first kappa shape index (κ1) is 24.3. The molecule has 1 aliphatic heterocycles. The van der Waals surface area contributed by atoms with Crippen molar-refractivity contribution in [2.24, 2.45) is 0 Å². The van der Waals surface area contributed by atoms with E-state index < -0.39 is 54.2 Å². The number of phosphoric ester groups is 1. The van der Waals surface area contributed by atoms with Crippen LogP contribution < -0.4 is 30.6 Å². The molecule has 19 heteroatoms. The molecular weight excluding hydrogens is 463 g/mol. The minimum Gasteiger partial charge on any atom is -0.790 e. The quantitative estimate of drug-likeness (QED) is 0.331. The zero-order valence-corrected chi connectivity index (χ0v) is 17.1. The molecule has 1 saturated heterocycles. The van der Waals surface area contributed by atoms with E-state index in [9.17, 15) is 43.2 Å². The van der Waals surface area contributed by atoms with Crippen LogP contribution in [0.15, 0.2) is 17.1 Å². The topological polar surface area (TPSA) is 248 Å². The second-order valence-corrected chi connectivity index (χ2v) is 9.73. The summed E-state index contributed by atoms with van der Waals surface area (Å²) in [5.74, 6) is 0.277. The monoisotopic (exact) mass is 477 g/mol. The van der Waals surface area contributed by atoms with Gasteiger partial charge in [0.25, 0.3) is 15.6 Å². The second-order valence-electron chi connectivity index (χ2n) is 5.49. The van der Waals surface area contributed by atoms with Crippen molar-refractivity contribution in [2.45, 2.75) is 24.9 Å². The number of ether oxygens (including phenoxy) is 1. The van der Waals surface area contributed by atoms with E-state index >= 15 is 0 Å². The van der Waals surface area contributed by atoms with Crippen LogP contribution in [0.3, 0.4) is 0 Å². The first-order chi connectivity index (χ1) is 13.2. The van der Waals surface area contributed by atoms with Crippen LogP contribution in [0.25, 0.3) is 0 Å². The molecule has 5 unspecified atom stereocenters. The molecule has 29 heavy (non-hydrogen) atoms. The van der Waals surface area contributed by atoms with Crippen LogP contribution in [0.2, 0.25) is 0 Å². The van der Waals surface area contributed by atoms with Gasteiger partial charge in [-0.15, -0.1) is 0 Å². The highest BCUT2D eigenvalue weighted by molar-refractivity contribution is 7.64. The van der Waals surface area contributed by atoms with Gasteiger partial charge in [-0.1, -0.05) is 0 Å². The van der Waals surface area contributed by atoms with Gasteiger partial charge in [0.05, 0.1) is 20.5 Å². The molecule has 0 aliphatic carbocycles. The molecule has 1 aromatic heterocycles. The Morgan fingerprint density at radius 1 is 1.28 bits per heavy atom. The maximum atomic E-state index is 11.9. The lowest BCUT2D eigenvalue weighted by Crippen LogP contribution is -2.29. The maximum Gasteiger partial charge on any atom is 0.351 e. The van der Waals surface area contributed by atoms with Gasteiger partial charge in [-0.25, -0.2) is 9.11 Å². The van der Waals surface area contributed by atoms with Crippen molar-refractivity contribution in [1.82, 2.24) is 9.55 Å². The Labute approximate surface area is 162 Å². The van der Waals surface area contributed by atoms with Gasteiger partial charge >= 0.3 is 5.69 Å². The molecule has 166 valence electrons. The van der Waals surface area contributed by atoms with Crippen LogP contribution in [0, 0.1) is 0 Å². The summed E-state index contributed by atoms with van der Waals surface area (Å²) in [4.78, 5) is 58.7. The highest BCUT2D eigenvalue weighted by Gasteiger charge is 2.37. The van der Waals surface area contributed by atoms with E-state index in [0.29, 0.717) is 0 Å². The van der Waals surface area contributed by atoms with E-state index in [4.69, 9.17) is 4.74 Å². The summed E-state index contributed by atoms with van der Waals surface area (Å²) in [6.45, 7) is -0.957. The van der Waals surface area contributed by atoms with E-state index in [-0.39, 0.29) is 12.2 Å². The van der Waals surface area contributed by atoms with Crippen molar-refractivity contribution in [2.75, 3.05) is 19.0 Å². The van der Waals surface area contributed by atoms with Gasteiger partial charge in [0.1, 0.15) is 18.1 Å². The number of rotatable bonds is 9. The predicted octanol–water partition coefficient (Wildman–Crippen LogP) is -3.25. The van der Waals surface area contributed by atoms with Crippen LogP contribution in [-0.4, -0.2) is 40.5 Å². The fraction of sp³-hybridized carbons (Fsp3) is 0.600. The molecule has 2 N–H and O–H groups in total. The number of hydrogen-bond acceptors (Lipinski definition) is 15. The zero-order valence-electron chi connectivity index (χ0n) is 14.4. The zero-order chi connectivity index (χ0) is 22.0. The lowest BCUT2D eigenvalue weighted by Gasteiger charge is -2.37. The van der Waals surface area contributed by atoms with Gasteiger partial charge in [-0.05, 0) is 6.07 Å². The van der Waals surface area contributed by atoms with Gasteiger partial charge in [-0.3, -0.25) is 18.0 Å². The Morgan fingerprint density at radius 3 is 2.48 bits per heavy atom. The number of aliphatic hydroxyl groups excluding tert-OH is 1. The molecular formula is C10H14N3O13P3-4. The third-order valence-corrected chi connectivity index (χ3v) is 7.06. The van der Waals surface area contributed by atoms with E-state index in [1.54, 1.807) is 0 Å². The number of anilines is 1. The van der Waals surface area contributed by atoms with Crippen molar-refractivity contribution in [1.29, 1.82) is 0 Å². The van der Waals surface area contributed by atoms with E-state index in [1.165, 1.54) is 19.3 Å². The Balaban J connectivity index is 1.99. The highest BCUT2D eigenvalue weighted by atomic mass is 31.3. The minimum atomic E-state index is -6.10. The van der Waals surface area contributed by atoms with Gasteiger partial charge < -0.3 is 43.8 Å². The van der Waals surface area contributed by atoms with Crippen LogP contribution >= 0.6 is 23.5 Å². The molecule has 0 bridgehead atoms. The van der Waals surface area contributed by atoms with Crippen molar-refractivity contribution >= 4 is 29.3 Å². The fourth-order valence-electron chi connectivity index (χ4n) is 2.26. The molecule has 1 aliphatic rings. The average molecular weight is 477 g/mol. The third-order valence-electron chi connectivity index (χ3n) is 3.40. The van der Waals surface area contributed by atoms with E-state index in [1.807, 2.05) is 0 Å². The Morgan fingerprint density at radius 2 is 1.93 bits per heavy atom. The van der Waals surface area contributed by atoms with Gasteiger partial charge in [0.2, 0.25) is 0 Å². The molecule has 0 saturated carbocycles. The number of aliphatic hydroxyl groups is 1. The van der Waals surface area contributed by atoms with Crippen LogP contribution in [0.4, 0.5) is 5.82 Å². The normalized spacial score (nSPS) is 26.6. The number of hydrogen-bond donors (Lipinski definition) is 2. The average Bonchev–Trinajstić information content (AvgIpc) is 2.90. The third kappa shape index (κ3) is 7.33. The summed E-state index contributed by atoms with van der Waals surface area (Å²) >= 11 is 0. The van der Waals surface area contributed by atoms with Crippen LogP contribution in [-0.2, 0) is 31.6 Å². The van der Waals surface area contributed by atoms with E-state index in [2.05, 4.69) is 23.4 Å². The van der Waals surface area contributed by atoms with Gasteiger partial charge in [0, 0.05) is 19.7 Å². The summed E-state index contributed by atoms with van der Waals surface area (Å²) in [6, 6.07) is 1.44. The first-order valence-electron chi connectivity index (χ1n) is 7.53. The molecule has 2 rings (SSSR count). The second kappa shape index (κ2) is 9.02. The number of phosphoric acid groups is 3. The lowest BCUT2D eigenvalue weighted by atomic mass is 10.2. The Hall–Kier alpha value is -0.990. The number of aromatic nitrogens is 2. The van der Waals surface area contributed by atoms with E-state index in [0.717, 1.165) is 4.57 Å². The van der Waals surface area contributed by atoms with Crippen molar-refractivity contribution in [3.8, 4) is 0 Å². The summed E-state index contributed by atoms with van der Waals surface area (Å²) in [7, 11) is -16.4. The molecule has 0 radical (unpaired) electrons. The highest BCUT2D eigenvalue weighted by Crippen LogP contribution is 2.60. The molecule has 1 fully saturated rings. The standard InChI is InChI=1S/C10H18N3O13P3/c1-11-8-2-3-13(10(15)12-8)9-4-6(14)7(24-9)5-23-28(19,20)26-29(21,22)25-27(16,17)18/h2-3,6-7,9,14H,4-5H2,1H3,(H,19,20)(H,21,22)(H,11,12,15)(H2,16,17,18)/p-4. The van der Waals surface area contributed by atoms with Crippen molar-refractivity contribution in [3.05, 3.63) is 22.7 Å². The van der Waals surface area contributed by atoms with Gasteiger partial charge in [0.15, 0.2) is 0 Å². The molecule has 0 amide bonds. The summed E-state index contributed by atoms with van der Waals surface area (Å²) < 4.78 is 49.8. The first-order valence-corrected chi connectivity index (χ1v) is 11.9. The van der Waals surface area contributed by atoms with Crippen LogP contribution in [0.1, 0.15) is 12.6 Å². The molecule has 2 heterocycles. The molecule has 1 aromatic rings. The Kier molecular flexibility index (Phi) is 7.55. The number of nitrogens with one attached hydrogen (secondary N) is 1. The maximum absolute atomic E-state index is 11.9. The Bertz CT molecular complexity index is 931. The summed E-state index contributed by atoms with van der Waals surface area (Å²) in [6.07, 6.45) is -2.53. The molecule has 0 spiro atoms. The summed E-state index contributed by atoms with van der Waals surface area (Å²) in [5, 5.41) is 12.6. The lowest BCUT2D eigenvalue weighted by molar-refractivity contribution is -0.339. The van der Waals surface area contributed by atoms with Crippen molar-refractivity contribution < 1.29 is 56.3 Å². The van der Waals surface area contributed by atoms with Gasteiger partial charge in [-0.2, -0.15) is 4.98 Å². The number of nitrogens with zero attached hydrogens (tertiary/aromatic N) is 2. The SMILES string of the molecule is CNc1ccn(C2CC(O)C(COP(=O)([O-])OP(=O)([O-])OP(=O)([O-])[O-])O2)c(=O)n1. The fourth-order valence-corrected chi connectivity index (χ4v) is 5.12. The minimum absolute atomic E-state index is 0.156. The molecule has 0 aromatic carbocycles. The predicted molar refractivity (Wildman–Crippen MR) is 83.5 cm³/mol. The van der Waals surface area contributed by atoms with Crippen molar-refractivity contribution in [3.63, 3.8) is 0 Å². The largest absolute Gasteiger partial charge is 0.790 e. The smallest absolute Gasteiger partial charge is 0.351 e. The van der Waals surface area contributed by atoms with Crippen LogP contribution in [0.5, 0.6) is 0 Å².